The molecule has 2 aliphatic heterocycles. The van der Waals surface area contributed by atoms with Crippen LogP contribution in [0.15, 0.2) is 0 Å². The van der Waals surface area contributed by atoms with E-state index in [4.69, 9.17) is 0 Å². The van der Waals surface area contributed by atoms with E-state index >= 15 is 0 Å². The van der Waals surface area contributed by atoms with Crippen molar-refractivity contribution in [2.75, 3.05) is 37.7 Å². The predicted molar refractivity (Wildman–Crippen MR) is 95.5 cm³/mol. The van der Waals surface area contributed by atoms with Crippen molar-refractivity contribution < 1.29 is 9.59 Å². The molecule has 0 radical (unpaired) electrons. The molecule has 6 heteroatoms. The fourth-order valence-electron chi connectivity index (χ4n) is 3.05. The summed E-state index contributed by atoms with van der Waals surface area (Å²) in [4.78, 5) is 26.5. The van der Waals surface area contributed by atoms with Gasteiger partial charge in [-0.1, -0.05) is 20.8 Å². The summed E-state index contributed by atoms with van der Waals surface area (Å²) < 4.78 is 0. The zero-order valence-electron chi connectivity index (χ0n) is 14.7. The van der Waals surface area contributed by atoms with Gasteiger partial charge in [-0.3, -0.25) is 9.59 Å². The van der Waals surface area contributed by atoms with E-state index in [1.807, 2.05) is 37.4 Å². The van der Waals surface area contributed by atoms with Crippen LogP contribution >= 0.6 is 11.8 Å². The number of piperidine rings is 1. The number of nitrogens with one attached hydrogen (secondary N) is 2. The van der Waals surface area contributed by atoms with Gasteiger partial charge in [0.1, 0.15) is 0 Å². The maximum absolute atomic E-state index is 12.5. The highest BCUT2D eigenvalue weighted by Gasteiger charge is 2.27. The van der Waals surface area contributed by atoms with Gasteiger partial charge in [-0.15, -0.1) is 0 Å². The fourth-order valence-corrected chi connectivity index (χ4v) is 4.00. The smallest absolute Gasteiger partial charge is 0.225 e. The molecule has 132 valence electrons. The van der Waals surface area contributed by atoms with Crippen molar-refractivity contribution in [2.24, 2.45) is 11.3 Å². The first-order valence-corrected chi connectivity index (χ1v) is 9.89. The zero-order chi connectivity index (χ0) is 16.9. The molecule has 0 aromatic rings. The Balaban J connectivity index is 1.76. The Labute approximate surface area is 144 Å². The van der Waals surface area contributed by atoms with Crippen LogP contribution in [-0.2, 0) is 9.59 Å². The molecule has 23 heavy (non-hydrogen) atoms. The minimum atomic E-state index is -0.353. The molecule has 2 fully saturated rings. The number of carbonyl (C=O) groups excluding carboxylic acids is 2. The first-order valence-electron chi connectivity index (χ1n) is 8.73. The van der Waals surface area contributed by atoms with Gasteiger partial charge in [-0.25, -0.2) is 0 Å². The minimum Gasteiger partial charge on any atom is -0.355 e. The van der Waals surface area contributed by atoms with Crippen LogP contribution < -0.4 is 10.6 Å². The predicted octanol–water partition coefficient (Wildman–Crippen LogP) is 1.48. The number of thioether (sulfide) groups is 1. The lowest BCUT2D eigenvalue weighted by atomic mass is 9.94. The Bertz CT molecular complexity index is 417. The Morgan fingerprint density at radius 2 is 2.13 bits per heavy atom. The van der Waals surface area contributed by atoms with Gasteiger partial charge in [0, 0.05) is 55.6 Å². The molecule has 2 rings (SSSR count). The Morgan fingerprint density at radius 1 is 1.35 bits per heavy atom. The van der Waals surface area contributed by atoms with Crippen LogP contribution in [0.2, 0.25) is 0 Å². The Kier molecular flexibility index (Phi) is 6.77. The normalized spacial score (nSPS) is 26.0. The van der Waals surface area contributed by atoms with Crippen LogP contribution in [0.4, 0.5) is 0 Å². The molecule has 0 aromatic carbocycles. The van der Waals surface area contributed by atoms with E-state index < -0.39 is 0 Å². The van der Waals surface area contributed by atoms with E-state index in [1.54, 1.807) is 0 Å². The van der Waals surface area contributed by atoms with Crippen LogP contribution in [0.25, 0.3) is 0 Å². The summed E-state index contributed by atoms with van der Waals surface area (Å²) in [5, 5.41) is 6.47. The third-order valence-corrected chi connectivity index (χ3v) is 5.65. The van der Waals surface area contributed by atoms with E-state index in [9.17, 15) is 9.59 Å². The topological polar surface area (TPSA) is 61.4 Å². The van der Waals surface area contributed by atoms with E-state index in [1.165, 1.54) is 0 Å². The van der Waals surface area contributed by atoms with Crippen LogP contribution in [0, 0.1) is 11.3 Å². The van der Waals surface area contributed by atoms with Crippen LogP contribution in [0.1, 0.15) is 40.0 Å². The van der Waals surface area contributed by atoms with Crippen molar-refractivity contribution >= 4 is 23.6 Å². The molecule has 0 spiro atoms. The van der Waals surface area contributed by atoms with Crippen molar-refractivity contribution in [3.05, 3.63) is 0 Å². The summed E-state index contributed by atoms with van der Waals surface area (Å²) in [6.45, 7) is 9.10. The quantitative estimate of drug-likeness (QED) is 0.813. The van der Waals surface area contributed by atoms with Gasteiger partial charge in [-0.05, 0) is 18.8 Å². The lowest BCUT2D eigenvalue weighted by Gasteiger charge is -2.34. The molecule has 0 bridgehead atoms. The number of rotatable bonds is 4. The standard InChI is InChI=1S/C17H31N3O2S/c1-17(2,3)16(22)19-10-13-5-4-7-20(11-13)15(21)9-14-12-23-8-6-18-14/h13-14,18H,4-12H2,1-3H3,(H,19,22). The average Bonchev–Trinajstić information content (AvgIpc) is 2.53. The highest BCUT2D eigenvalue weighted by Crippen LogP contribution is 2.19. The van der Waals surface area contributed by atoms with E-state index in [2.05, 4.69) is 10.6 Å². The fraction of sp³-hybridized carbons (Fsp3) is 0.882. The summed E-state index contributed by atoms with van der Waals surface area (Å²) in [6.07, 6.45) is 2.73. The first-order chi connectivity index (χ1) is 10.9. The molecule has 2 amide bonds. The van der Waals surface area contributed by atoms with Crippen molar-refractivity contribution in [1.82, 2.24) is 15.5 Å². The highest BCUT2D eigenvalue weighted by atomic mass is 32.2. The number of amides is 2. The molecular weight excluding hydrogens is 310 g/mol. The molecule has 2 aliphatic rings. The summed E-state index contributed by atoms with van der Waals surface area (Å²) in [5.74, 6) is 2.91. The SMILES string of the molecule is CC(C)(C)C(=O)NCC1CCCN(C(=O)CC2CSCCN2)C1. The second kappa shape index (κ2) is 8.38. The van der Waals surface area contributed by atoms with Gasteiger partial charge in [0.25, 0.3) is 0 Å². The van der Waals surface area contributed by atoms with Gasteiger partial charge in [0.05, 0.1) is 0 Å². The minimum absolute atomic E-state index is 0.0874. The monoisotopic (exact) mass is 341 g/mol. The lowest BCUT2D eigenvalue weighted by Crippen LogP contribution is -2.47. The molecule has 0 saturated carbocycles. The van der Waals surface area contributed by atoms with Gasteiger partial charge in [0.15, 0.2) is 0 Å². The molecule has 0 aromatic heterocycles. The molecular formula is C17H31N3O2S. The summed E-state index contributed by atoms with van der Waals surface area (Å²) in [5.41, 5.74) is -0.353. The molecule has 2 N–H and O–H groups in total. The van der Waals surface area contributed by atoms with Crippen LogP contribution in [0.3, 0.4) is 0 Å². The number of hydrogen-bond donors (Lipinski definition) is 2. The number of likely N-dealkylation sites (tertiary alicyclic amines) is 1. The Morgan fingerprint density at radius 3 is 2.78 bits per heavy atom. The van der Waals surface area contributed by atoms with Gasteiger partial charge < -0.3 is 15.5 Å². The lowest BCUT2D eigenvalue weighted by molar-refractivity contribution is -0.133. The third-order valence-electron chi connectivity index (χ3n) is 4.52. The highest BCUT2D eigenvalue weighted by molar-refractivity contribution is 7.99. The molecule has 0 aliphatic carbocycles. The number of carbonyl (C=O) groups is 2. The Hall–Kier alpha value is -0.750. The van der Waals surface area contributed by atoms with Crippen LogP contribution in [-0.4, -0.2) is 60.4 Å². The van der Waals surface area contributed by atoms with Crippen molar-refractivity contribution in [2.45, 2.75) is 46.1 Å². The summed E-state index contributed by atoms with van der Waals surface area (Å²) in [7, 11) is 0. The number of hydrogen-bond acceptors (Lipinski definition) is 4. The molecule has 2 saturated heterocycles. The van der Waals surface area contributed by atoms with Crippen LogP contribution in [0.5, 0.6) is 0 Å². The largest absolute Gasteiger partial charge is 0.355 e. The van der Waals surface area contributed by atoms with E-state index in [0.717, 1.165) is 44.0 Å². The second-order valence-corrected chi connectivity index (χ2v) is 8.89. The first kappa shape index (κ1) is 18.6. The average molecular weight is 342 g/mol. The van der Waals surface area contributed by atoms with Gasteiger partial charge >= 0.3 is 0 Å². The molecule has 2 atom stereocenters. The van der Waals surface area contributed by atoms with E-state index in [0.29, 0.717) is 24.9 Å². The van der Waals surface area contributed by atoms with Crippen molar-refractivity contribution in [1.29, 1.82) is 0 Å². The van der Waals surface area contributed by atoms with Crippen molar-refractivity contribution in [3.63, 3.8) is 0 Å². The second-order valence-electron chi connectivity index (χ2n) is 7.74. The van der Waals surface area contributed by atoms with Gasteiger partial charge in [-0.2, -0.15) is 11.8 Å². The zero-order valence-corrected chi connectivity index (χ0v) is 15.5. The molecule has 2 heterocycles. The maximum atomic E-state index is 12.5. The molecule has 5 nitrogen and oxygen atoms in total. The van der Waals surface area contributed by atoms with Crippen molar-refractivity contribution in [3.8, 4) is 0 Å². The van der Waals surface area contributed by atoms with Gasteiger partial charge in [0.2, 0.25) is 11.8 Å². The van der Waals surface area contributed by atoms with E-state index in [-0.39, 0.29) is 17.2 Å². The third kappa shape index (κ3) is 5.99. The number of nitrogens with zero attached hydrogens (tertiary/aromatic N) is 1. The summed E-state index contributed by atoms with van der Waals surface area (Å²) >= 11 is 1.93. The maximum Gasteiger partial charge on any atom is 0.225 e. The molecule has 2 unspecified atom stereocenters. The summed E-state index contributed by atoms with van der Waals surface area (Å²) in [6, 6.07) is 0.321.